The van der Waals surface area contributed by atoms with E-state index in [4.69, 9.17) is 5.73 Å². The number of alkyl halides is 3. The van der Waals surface area contributed by atoms with Crippen molar-refractivity contribution in [3.63, 3.8) is 0 Å². The van der Waals surface area contributed by atoms with Gasteiger partial charge in [-0.05, 0) is 50.6 Å². The monoisotopic (exact) mass is 364 g/mol. The van der Waals surface area contributed by atoms with Gasteiger partial charge in [0.25, 0.3) is 0 Å². The van der Waals surface area contributed by atoms with Crippen molar-refractivity contribution in [3.8, 4) is 0 Å². The van der Waals surface area contributed by atoms with Crippen molar-refractivity contribution in [2.75, 3.05) is 13.1 Å². The van der Waals surface area contributed by atoms with Crippen LogP contribution in [0.4, 0.5) is 13.2 Å². The number of nitrogens with two attached hydrogens (primary N) is 1. The van der Waals surface area contributed by atoms with Crippen LogP contribution in [0.25, 0.3) is 0 Å². The first kappa shape index (κ1) is 16.8. The lowest BCUT2D eigenvalue weighted by atomic mass is 9.92. The number of nitrogens with zero attached hydrogens (tertiary/aromatic N) is 1. The lowest BCUT2D eigenvalue weighted by Gasteiger charge is -2.40. The molecule has 0 aliphatic carbocycles. The van der Waals surface area contributed by atoms with Crippen LogP contribution in [0.5, 0.6) is 0 Å². The highest BCUT2D eigenvalue weighted by atomic mass is 79.9. The van der Waals surface area contributed by atoms with Gasteiger partial charge in [-0.2, -0.15) is 13.2 Å². The molecule has 2 unspecified atom stereocenters. The first-order valence-corrected chi connectivity index (χ1v) is 7.90. The first-order chi connectivity index (χ1) is 9.79. The maximum absolute atomic E-state index is 12.7. The smallest absolute Gasteiger partial charge is 0.326 e. The standard InChI is InChI=1S/C15H20BrF3N2/c1-10(20)14(11-2-4-13(16)5-3-11)21-8-6-12(7-9-21)15(17,18)19/h2-5,10,12,14H,6-9,20H2,1H3. The number of hydrogen-bond acceptors (Lipinski definition) is 2. The van der Waals surface area contributed by atoms with Crippen molar-refractivity contribution < 1.29 is 13.2 Å². The Labute approximate surface area is 131 Å². The average Bonchev–Trinajstić information content (AvgIpc) is 2.40. The molecule has 1 heterocycles. The Hall–Kier alpha value is -0.590. The lowest BCUT2D eigenvalue weighted by molar-refractivity contribution is -0.186. The van der Waals surface area contributed by atoms with E-state index < -0.39 is 12.1 Å². The zero-order chi connectivity index (χ0) is 15.6. The third-order valence-electron chi connectivity index (χ3n) is 4.10. The Morgan fingerprint density at radius 3 is 2.14 bits per heavy atom. The Morgan fingerprint density at radius 2 is 1.71 bits per heavy atom. The highest BCUT2D eigenvalue weighted by Gasteiger charge is 2.42. The van der Waals surface area contributed by atoms with Crippen molar-refractivity contribution in [1.29, 1.82) is 0 Å². The summed E-state index contributed by atoms with van der Waals surface area (Å²) in [6, 6.07) is 7.67. The molecule has 1 saturated heterocycles. The van der Waals surface area contributed by atoms with Gasteiger partial charge < -0.3 is 5.73 Å². The molecule has 2 N–H and O–H groups in total. The van der Waals surface area contributed by atoms with Crippen molar-refractivity contribution in [2.45, 2.75) is 38.0 Å². The molecule has 0 bridgehead atoms. The molecule has 21 heavy (non-hydrogen) atoms. The number of piperidine rings is 1. The fourth-order valence-electron chi connectivity index (χ4n) is 3.01. The second-order valence-electron chi connectivity index (χ2n) is 5.71. The van der Waals surface area contributed by atoms with Gasteiger partial charge in [-0.3, -0.25) is 4.90 Å². The summed E-state index contributed by atoms with van der Waals surface area (Å²) in [7, 11) is 0. The summed E-state index contributed by atoms with van der Waals surface area (Å²) in [6.45, 7) is 2.78. The molecule has 1 aliphatic heterocycles. The summed E-state index contributed by atoms with van der Waals surface area (Å²) in [5.74, 6) is -1.17. The maximum atomic E-state index is 12.7. The van der Waals surface area contributed by atoms with Crippen LogP contribution >= 0.6 is 15.9 Å². The molecule has 1 aliphatic rings. The van der Waals surface area contributed by atoms with Gasteiger partial charge in [-0.1, -0.05) is 28.1 Å². The van der Waals surface area contributed by atoms with Crippen LogP contribution in [-0.2, 0) is 0 Å². The van der Waals surface area contributed by atoms with E-state index in [0.29, 0.717) is 13.1 Å². The molecule has 6 heteroatoms. The van der Waals surface area contributed by atoms with Crippen molar-refractivity contribution in [3.05, 3.63) is 34.3 Å². The summed E-state index contributed by atoms with van der Waals surface area (Å²) in [5, 5.41) is 0. The molecule has 118 valence electrons. The molecule has 1 fully saturated rings. The molecule has 0 aromatic heterocycles. The van der Waals surface area contributed by atoms with Crippen LogP contribution in [0.15, 0.2) is 28.7 Å². The minimum Gasteiger partial charge on any atom is -0.326 e. The maximum Gasteiger partial charge on any atom is 0.391 e. The zero-order valence-corrected chi connectivity index (χ0v) is 13.5. The van der Waals surface area contributed by atoms with E-state index in [9.17, 15) is 13.2 Å². The number of halogens is 4. The van der Waals surface area contributed by atoms with Gasteiger partial charge in [0, 0.05) is 16.6 Å². The minimum atomic E-state index is -4.08. The minimum absolute atomic E-state index is 0.0349. The van der Waals surface area contributed by atoms with Gasteiger partial charge in [-0.15, -0.1) is 0 Å². The number of rotatable bonds is 3. The van der Waals surface area contributed by atoms with E-state index in [0.717, 1.165) is 10.0 Å². The highest BCUT2D eigenvalue weighted by molar-refractivity contribution is 9.10. The molecule has 0 amide bonds. The van der Waals surface area contributed by atoms with E-state index in [1.807, 2.05) is 31.2 Å². The largest absolute Gasteiger partial charge is 0.391 e. The fraction of sp³-hybridized carbons (Fsp3) is 0.600. The number of likely N-dealkylation sites (tertiary alicyclic amines) is 1. The topological polar surface area (TPSA) is 29.3 Å². The van der Waals surface area contributed by atoms with Gasteiger partial charge in [0.05, 0.1) is 5.92 Å². The molecular formula is C15H20BrF3N2. The van der Waals surface area contributed by atoms with Crippen molar-refractivity contribution in [2.24, 2.45) is 11.7 Å². The van der Waals surface area contributed by atoms with Gasteiger partial charge in [0.15, 0.2) is 0 Å². The molecule has 0 spiro atoms. The van der Waals surface area contributed by atoms with Crippen LogP contribution in [-0.4, -0.2) is 30.2 Å². The second kappa shape index (κ2) is 6.67. The molecule has 0 saturated carbocycles. The predicted molar refractivity (Wildman–Crippen MR) is 80.9 cm³/mol. The van der Waals surface area contributed by atoms with Crippen LogP contribution in [0.2, 0.25) is 0 Å². The summed E-state index contributed by atoms with van der Waals surface area (Å²) < 4.78 is 39.2. The molecule has 1 aromatic rings. The van der Waals surface area contributed by atoms with Gasteiger partial charge in [0.2, 0.25) is 0 Å². The average molecular weight is 365 g/mol. The third kappa shape index (κ3) is 4.20. The third-order valence-corrected chi connectivity index (χ3v) is 4.62. The molecule has 2 atom stereocenters. The van der Waals surface area contributed by atoms with Crippen LogP contribution in [0.1, 0.15) is 31.4 Å². The van der Waals surface area contributed by atoms with Crippen LogP contribution < -0.4 is 5.73 Å². The zero-order valence-electron chi connectivity index (χ0n) is 11.9. The summed E-state index contributed by atoms with van der Waals surface area (Å²) in [6.07, 6.45) is -3.76. The molecule has 2 rings (SSSR count). The Kier molecular flexibility index (Phi) is 5.33. The number of hydrogen-bond donors (Lipinski definition) is 1. The summed E-state index contributed by atoms with van der Waals surface area (Å²) in [5.41, 5.74) is 7.14. The van der Waals surface area contributed by atoms with E-state index >= 15 is 0 Å². The lowest BCUT2D eigenvalue weighted by Crippen LogP contribution is -2.45. The summed E-state index contributed by atoms with van der Waals surface area (Å²) >= 11 is 3.39. The van der Waals surface area contributed by atoms with Crippen molar-refractivity contribution in [1.82, 2.24) is 4.90 Å². The first-order valence-electron chi connectivity index (χ1n) is 7.11. The predicted octanol–water partition coefficient (Wildman–Crippen LogP) is 4.11. The van der Waals surface area contributed by atoms with E-state index in [2.05, 4.69) is 20.8 Å². The molecule has 0 radical (unpaired) electrons. The SMILES string of the molecule is CC(N)C(c1ccc(Br)cc1)N1CCC(C(F)(F)F)CC1. The van der Waals surface area contributed by atoms with E-state index in [1.165, 1.54) is 0 Å². The quantitative estimate of drug-likeness (QED) is 0.874. The van der Waals surface area contributed by atoms with Crippen molar-refractivity contribution >= 4 is 15.9 Å². The Morgan fingerprint density at radius 1 is 1.19 bits per heavy atom. The van der Waals surface area contributed by atoms with Gasteiger partial charge in [0.1, 0.15) is 0 Å². The van der Waals surface area contributed by atoms with Crippen LogP contribution in [0, 0.1) is 5.92 Å². The number of benzene rings is 1. The summed E-state index contributed by atoms with van der Waals surface area (Å²) in [4.78, 5) is 2.08. The van der Waals surface area contributed by atoms with Crippen LogP contribution in [0.3, 0.4) is 0 Å². The normalized spacial score (nSPS) is 21.2. The second-order valence-corrected chi connectivity index (χ2v) is 6.62. The van der Waals surface area contributed by atoms with E-state index in [-0.39, 0.29) is 24.9 Å². The molecule has 2 nitrogen and oxygen atoms in total. The van der Waals surface area contributed by atoms with E-state index in [1.54, 1.807) is 0 Å². The molecule has 1 aromatic carbocycles. The highest BCUT2D eigenvalue weighted by Crippen LogP contribution is 2.37. The Balaban J connectivity index is 2.09. The molecular weight excluding hydrogens is 345 g/mol. The Bertz CT molecular complexity index is 451. The fourth-order valence-corrected chi connectivity index (χ4v) is 3.28. The van der Waals surface area contributed by atoms with Gasteiger partial charge >= 0.3 is 6.18 Å². The van der Waals surface area contributed by atoms with Gasteiger partial charge in [-0.25, -0.2) is 0 Å².